The zero-order valence-corrected chi connectivity index (χ0v) is 14.0. The van der Waals surface area contributed by atoms with E-state index in [0.29, 0.717) is 0 Å². The summed E-state index contributed by atoms with van der Waals surface area (Å²) in [4.78, 5) is 0. The molecule has 1 N–H and O–H groups in total. The summed E-state index contributed by atoms with van der Waals surface area (Å²) in [7, 11) is 1.93. The number of nitrogens with one attached hydrogen (secondary N) is 1. The maximum atomic E-state index is 5.41. The Labute approximate surface area is 142 Å². The van der Waals surface area contributed by atoms with Gasteiger partial charge in [0.15, 0.2) is 11.5 Å². The van der Waals surface area contributed by atoms with Gasteiger partial charge in [-0.2, -0.15) is 5.10 Å². The SMILES string of the molecule is Cn1ncc(Br)c1-c1cccc(Nc2ccc3c(c2)OCO3)c1. The lowest BCUT2D eigenvalue weighted by Gasteiger charge is -2.10. The van der Waals surface area contributed by atoms with Crippen LogP contribution in [0.2, 0.25) is 0 Å². The second-order valence-corrected chi connectivity index (χ2v) is 6.09. The molecule has 0 spiro atoms. The lowest BCUT2D eigenvalue weighted by Crippen LogP contribution is -1.95. The standard InChI is InChI=1S/C17H14BrN3O2/c1-21-17(14(18)9-19-21)11-3-2-4-12(7-11)20-13-5-6-15-16(8-13)23-10-22-15/h2-9,20H,10H2,1H3. The zero-order chi connectivity index (χ0) is 15.8. The third-order valence-corrected chi connectivity index (χ3v) is 4.27. The highest BCUT2D eigenvalue weighted by Crippen LogP contribution is 2.36. The van der Waals surface area contributed by atoms with Gasteiger partial charge in [0.25, 0.3) is 0 Å². The maximum Gasteiger partial charge on any atom is 0.231 e. The first-order chi connectivity index (χ1) is 11.2. The van der Waals surface area contributed by atoms with Crippen LogP contribution >= 0.6 is 15.9 Å². The molecule has 3 aromatic rings. The van der Waals surface area contributed by atoms with E-state index in [1.807, 2.05) is 42.1 Å². The number of fused-ring (bicyclic) bond motifs is 1. The molecular formula is C17H14BrN3O2. The molecule has 1 aliphatic rings. The van der Waals surface area contributed by atoms with Crippen molar-refractivity contribution in [3.05, 3.63) is 53.1 Å². The topological polar surface area (TPSA) is 48.3 Å². The molecule has 0 unspecified atom stereocenters. The Bertz CT molecular complexity index is 857. The Balaban J connectivity index is 1.64. The molecule has 0 saturated heterocycles. The quantitative estimate of drug-likeness (QED) is 0.744. The smallest absolute Gasteiger partial charge is 0.231 e. The molecule has 2 heterocycles. The normalized spacial score (nSPS) is 12.4. The van der Waals surface area contributed by atoms with Crippen molar-refractivity contribution in [2.24, 2.45) is 7.05 Å². The van der Waals surface area contributed by atoms with Crippen LogP contribution in [-0.4, -0.2) is 16.6 Å². The van der Waals surface area contributed by atoms with Crippen LogP contribution in [0.3, 0.4) is 0 Å². The summed E-state index contributed by atoms with van der Waals surface area (Å²) in [5, 5.41) is 7.66. The van der Waals surface area contributed by atoms with Crippen LogP contribution in [0.4, 0.5) is 11.4 Å². The minimum atomic E-state index is 0.281. The number of hydrogen-bond acceptors (Lipinski definition) is 4. The van der Waals surface area contributed by atoms with Crippen LogP contribution in [-0.2, 0) is 7.05 Å². The van der Waals surface area contributed by atoms with Crippen LogP contribution in [0.25, 0.3) is 11.3 Å². The van der Waals surface area contributed by atoms with Gasteiger partial charge in [0, 0.05) is 30.1 Å². The van der Waals surface area contributed by atoms with E-state index in [1.165, 1.54) is 0 Å². The molecule has 0 fully saturated rings. The minimum Gasteiger partial charge on any atom is -0.454 e. The van der Waals surface area contributed by atoms with Crippen molar-refractivity contribution in [2.45, 2.75) is 0 Å². The number of rotatable bonds is 3. The van der Waals surface area contributed by atoms with Gasteiger partial charge >= 0.3 is 0 Å². The molecule has 0 bridgehead atoms. The number of nitrogens with zero attached hydrogens (tertiary/aromatic N) is 2. The van der Waals surface area contributed by atoms with Crippen molar-refractivity contribution in [3.63, 3.8) is 0 Å². The van der Waals surface area contributed by atoms with Gasteiger partial charge in [-0.25, -0.2) is 0 Å². The van der Waals surface area contributed by atoms with E-state index in [2.05, 4.69) is 38.5 Å². The van der Waals surface area contributed by atoms with Crippen molar-refractivity contribution in [2.75, 3.05) is 12.1 Å². The predicted molar refractivity (Wildman–Crippen MR) is 92.2 cm³/mol. The molecule has 116 valence electrons. The fourth-order valence-corrected chi connectivity index (χ4v) is 3.20. The average molecular weight is 372 g/mol. The summed E-state index contributed by atoms with van der Waals surface area (Å²) in [6, 6.07) is 14.0. The Hall–Kier alpha value is -2.47. The van der Waals surface area contributed by atoms with E-state index in [4.69, 9.17) is 9.47 Å². The van der Waals surface area contributed by atoms with Gasteiger partial charge in [-0.05, 0) is 40.2 Å². The molecule has 6 heteroatoms. The Morgan fingerprint density at radius 1 is 1.09 bits per heavy atom. The molecule has 2 aromatic carbocycles. The lowest BCUT2D eigenvalue weighted by molar-refractivity contribution is 0.174. The second kappa shape index (κ2) is 5.62. The summed E-state index contributed by atoms with van der Waals surface area (Å²) in [5.41, 5.74) is 4.08. The number of aryl methyl sites for hydroxylation is 1. The number of aromatic nitrogens is 2. The van der Waals surface area contributed by atoms with E-state index in [9.17, 15) is 0 Å². The van der Waals surface area contributed by atoms with Crippen molar-refractivity contribution >= 4 is 27.3 Å². The Morgan fingerprint density at radius 2 is 1.91 bits per heavy atom. The third kappa shape index (κ3) is 2.66. The largest absolute Gasteiger partial charge is 0.454 e. The molecule has 0 amide bonds. The van der Waals surface area contributed by atoms with Gasteiger partial charge in [-0.1, -0.05) is 12.1 Å². The molecule has 23 heavy (non-hydrogen) atoms. The molecule has 5 nitrogen and oxygen atoms in total. The number of hydrogen-bond donors (Lipinski definition) is 1. The van der Waals surface area contributed by atoms with Crippen molar-refractivity contribution in [3.8, 4) is 22.8 Å². The van der Waals surface area contributed by atoms with Gasteiger partial charge < -0.3 is 14.8 Å². The van der Waals surface area contributed by atoms with Crippen LogP contribution < -0.4 is 14.8 Å². The van der Waals surface area contributed by atoms with Crippen LogP contribution in [0, 0.1) is 0 Å². The van der Waals surface area contributed by atoms with Gasteiger partial charge in [0.05, 0.1) is 16.4 Å². The number of anilines is 2. The van der Waals surface area contributed by atoms with Crippen molar-refractivity contribution < 1.29 is 9.47 Å². The summed E-state index contributed by atoms with van der Waals surface area (Å²) >= 11 is 3.54. The Kier molecular flexibility index (Phi) is 3.46. The molecule has 0 radical (unpaired) electrons. The van der Waals surface area contributed by atoms with Gasteiger partial charge in [-0.15, -0.1) is 0 Å². The molecule has 1 aromatic heterocycles. The zero-order valence-electron chi connectivity index (χ0n) is 12.4. The highest BCUT2D eigenvalue weighted by molar-refractivity contribution is 9.10. The highest BCUT2D eigenvalue weighted by Gasteiger charge is 2.13. The third-order valence-electron chi connectivity index (χ3n) is 3.69. The van der Waals surface area contributed by atoms with Crippen LogP contribution in [0.15, 0.2) is 53.1 Å². The first kappa shape index (κ1) is 14.1. The van der Waals surface area contributed by atoms with E-state index in [0.717, 1.165) is 38.6 Å². The maximum absolute atomic E-state index is 5.41. The minimum absolute atomic E-state index is 0.281. The molecule has 4 rings (SSSR count). The summed E-state index contributed by atoms with van der Waals surface area (Å²) in [6.07, 6.45) is 1.80. The van der Waals surface area contributed by atoms with E-state index < -0.39 is 0 Å². The fraction of sp³-hybridized carbons (Fsp3) is 0.118. The molecule has 1 aliphatic heterocycles. The number of ether oxygens (including phenoxy) is 2. The van der Waals surface area contributed by atoms with Gasteiger partial charge in [-0.3, -0.25) is 4.68 Å². The van der Waals surface area contributed by atoms with Crippen LogP contribution in [0.5, 0.6) is 11.5 Å². The summed E-state index contributed by atoms with van der Waals surface area (Å²) in [6.45, 7) is 0.281. The molecule has 0 atom stereocenters. The highest BCUT2D eigenvalue weighted by atomic mass is 79.9. The fourth-order valence-electron chi connectivity index (χ4n) is 2.62. The first-order valence-electron chi connectivity index (χ1n) is 7.15. The predicted octanol–water partition coefficient (Wildman–Crippen LogP) is 4.32. The van der Waals surface area contributed by atoms with E-state index in [-0.39, 0.29) is 6.79 Å². The average Bonchev–Trinajstić information content (AvgIpc) is 3.13. The summed E-state index contributed by atoms with van der Waals surface area (Å²) < 4.78 is 13.6. The second-order valence-electron chi connectivity index (χ2n) is 5.24. The molecular weight excluding hydrogens is 358 g/mol. The number of benzene rings is 2. The number of halogens is 1. The van der Waals surface area contributed by atoms with Crippen molar-refractivity contribution in [1.82, 2.24) is 9.78 Å². The monoisotopic (exact) mass is 371 g/mol. The molecule has 0 aliphatic carbocycles. The van der Waals surface area contributed by atoms with E-state index in [1.54, 1.807) is 6.20 Å². The summed E-state index contributed by atoms with van der Waals surface area (Å²) in [5.74, 6) is 1.55. The first-order valence-corrected chi connectivity index (χ1v) is 7.94. The van der Waals surface area contributed by atoms with E-state index >= 15 is 0 Å². The van der Waals surface area contributed by atoms with Gasteiger partial charge in [0.2, 0.25) is 6.79 Å². The van der Waals surface area contributed by atoms with Crippen LogP contribution in [0.1, 0.15) is 0 Å². The molecule has 0 saturated carbocycles. The van der Waals surface area contributed by atoms with Crippen molar-refractivity contribution in [1.29, 1.82) is 0 Å². The lowest BCUT2D eigenvalue weighted by atomic mass is 10.1. The Morgan fingerprint density at radius 3 is 2.74 bits per heavy atom. The van der Waals surface area contributed by atoms with Gasteiger partial charge in [0.1, 0.15) is 0 Å².